The first-order valence-corrected chi connectivity index (χ1v) is 14.8. The van der Waals surface area contributed by atoms with E-state index in [2.05, 4.69) is 80.6 Å². The van der Waals surface area contributed by atoms with Crippen LogP contribution < -0.4 is 9.80 Å². The minimum Gasteiger partial charge on any atom is -0.391 e. The lowest BCUT2D eigenvalue weighted by Crippen LogP contribution is -2.47. The van der Waals surface area contributed by atoms with Gasteiger partial charge in [0.05, 0.1) is 6.10 Å². The van der Waals surface area contributed by atoms with Crippen LogP contribution in [0, 0.1) is 13.8 Å². The molecule has 8 heteroatoms. The molecule has 1 N–H and O–H groups in total. The highest BCUT2D eigenvalue weighted by Gasteiger charge is 2.23. The molecule has 42 heavy (non-hydrogen) atoms. The summed E-state index contributed by atoms with van der Waals surface area (Å²) in [6.07, 6.45) is 1.81. The molecular formula is C34H39N7O. The molecule has 216 valence electrons. The van der Waals surface area contributed by atoms with Crippen LogP contribution in [0.25, 0.3) is 28.2 Å². The number of imidazole rings is 1. The topological polar surface area (TPSA) is 73.6 Å². The largest absolute Gasteiger partial charge is 0.391 e. The first-order chi connectivity index (χ1) is 20.5. The average molecular weight is 562 g/mol. The molecule has 1 unspecified atom stereocenters. The van der Waals surface area contributed by atoms with Crippen LogP contribution in [0.4, 0.5) is 11.5 Å². The van der Waals surface area contributed by atoms with E-state index >= 15 is 0 Å². The number of aliphatic hydroxyl groups excluding tert-OH is 1. The number of anilines is 2. The van der Waals surface area contributed by atoms with Crippen molar-refractivity contribution in [2.24, 2.45) is 0 Å². The molecule has 0 spiro atoms. The van der Waals surface area contributed by atoms with Gasteiger partial charge in [-0.3, -0.25) is 9.47 Å². The lowest BCUT2D eigenvalue weighted by atomic mass is 10.1. The molecule has 3 aromatic carbocycles. The summed E-state index contributed by atoms with van der Waals surface area (Å²) in [7, 11) is 1.97. The summed E-state index contributed by atoms with van der Waals surface area (Å²) < 4.78 is 2.08. The van der Waals surface area contributed by atoms with Crippen LogP contribution in [-0.2, 0) is 0 Å². The molecule has 0 saturated carbocycles. The smallest absolute Gasteiger partial charge is 0.170 e. The van der Waals surface area contributed by atoms with Crippen LogP contribution >= 0.6 is 0 Å². The molecule has 0 bridgehead atoms. The Kier molecular flexibility index (Phi) is 8.17. The number of aryl methyl sites for hydroxylation is 1. The number of aliphatic hydroxyl groups is 1. The summed E-state index contributed by atoms with van der Waals surface area (Å²) in [6.45, 7) is 9.74. The van der Waals surface area contributed by atoms with Gasteiger partial charge in [-0.15, -0.1) is 0 Å². The Morgan fingerprint density at radius 3 is 2.31 bits per heavy atom. The number of fused-ring (bicyclic) bond motifs is 1. The molecule has 5 aromatic rings. The van der Waals surface area contributed by atoms with Crippen molar-refractivity contribution >= 4 is 22.7 Å². The van der Waals surface area contributed by atoms with Gasteiger partial charge in [-0.25, -0.2) is 15.0 Å². The Labute approximate surface area is 247 Å². The second kappa shape index (κ2) is 12.3. The fraction of sp³-hybridized carbons (Fsp3) is 0.324. The Morgan fingerprint density at radius 2 is 1.57 bits per heavy atom. The lowest BCUT2D eigenvalue weighted by molar-refractivity contribution is 0.143. The standard InChI is InChI=1S/C34H39N7O/c1-25-11-10-16-30(26(25)2)40-21-19-39(20-22-40)18-17-29(42)23-38(3)33-31-34(36-24-35-33)41(28-14-8-5-9-15-28)32(37-31)27-12-6-4-7-13-27/h4-16,24,29,42H,17-23H2,1-3H3. The minimum absolute atomic E-state index is 0.466. The number of aromatic nitrogens is 4. The van der Waals surface area contributed by atoms with Crippen molar-refractivity contribution in [1.29, 1.82) is 0 Å². The third-order valence-corrected chi connectivity index (χ3v) is 8.39. The van der Waals surface area contributed by atoms with Gasteiger partial charge in [0.2, 0.25) is 0 Å². The molecule has 8 nitrogen and oxygen atoms in total. The number of piperazine rings is 1. The van der Waals surface area contributed by atoms with Crippen molar-refractivity contribution in [3.05, 3.63) is 96.3 Å². The number of benzene rings is 3. The number of hydrogen-bond acceptors (Lipinski definition) is 7. The zero-order valence-corrected chi connectivity index (χ0v) is 24.7. The quantitative estimate of drug-likeness (QED) is 0.268. The fourth-order valence-corrected chi connectivity index (χ4v) is 5.88. The second-order valence-electron chi connectivity index (χ2n) is 11.2. The first-order valence-electron chi connectivity index (χ1n) is 14.8. The molecule has 2 aromatic heterocycles. The molecule has 1 fully saturated rings. The van der Waals surface area contributed by atoms with E-state index in [1.165, 1.54) is 16.8 Å². The molecule has 0 aliphatic carbocycles. The Bertz CT molecular complexity index is 1630. The van der Waals surface area contributed by atoms with Gasteiger partial charge in [-0.1, -0.05) is 60.7 Å². The maximum Gasteiger partial charge on any atom is 0.170 e. The van der Waals surface area contributed by atoms with E-state index in [1.54, 1.807) is 6.33 Å². The zero-order chi connectivity index (χ0) is 29.1. The molecule has 1 saturated heterocycles. The van der Waals surface area contributed by atoms with Gasteiger partial charge >= 0.3 is 0 Å². The third kappa shape index (κ3) is 5.73. The lowest BCUT2D eigenvalue weighted by Gasteiger charge is -2.37. The predicted molar refractivity (Wildman–Crippen MR) is 171 cm³/mol. The van der Waals surface area contributed by atoms with Gasteiger partial charge in [-0.05, 0) is 49.6 Å². The molecule has 1 atom stereocenters. The molecule has 1 aliphatic rings. The van der Waals surface area contributed by atoms with E-state index in [4.69, 9.17) is 4.98 Å². The third-order valence-electron chi connectivity index (χ3n) is 8.39. The zero-order valence-electron chi connectivity index (χ0n) is 24.7. The molecular weight excluding hydrogens is 522 g/mol. The summed E-state index contributed by atoms with van der Waals surface area (Å²) in [5.74, 6) is 1.53. The van der Waals surface area contributed by atoms with Crippen LogP contribution in [0.2, 0.25) is 0 Å². The highest BCUT2D eigenvalue weighted by Crippen LogP contribution is 2.31. The van der Waals surface area contributed by atoms with Gasteiger partial charge in [-0.2, -0.15) is 0 Å². The van der Waals surface area contributed by atoms with Crippen molar-refractivity contribution in [1.82, 2.24) is 24.4 Å². The van der Waals surface area contributed by atoms with Gasteiger partial charge in [0.1, 0.15) is 12.2 Å². The van der Waals surface area contributed by atoms with Gasteiger partial charge in [0.25, 0.3) is 0 Å². The fourth-order valence-electron chi connectivity index (χ4n) is 5.88. The molecule has 1 aliphatic heterocycles. The summed E-state index contributed by atoms with van der Waals surface area (Å²) in [5.41, 5.74) is 7.51. The van der Waals surface area contributed by atoms with E-state index in [1.807, 2.05) is 48.3 Å². The van der Waals surface area contributed by atoms with Crippen LogP contribution in [0.15, 0.2) is 85.2 Å². The van der Waals surface area contributed by atoms with Crippen molar-refractivity contribution < 1.29 is 5.11 Å². The number of para-hydroxylation sites is 1. The highest BCUT2D eigenvalue weighted by molar-refractivity contribution is 5.88. The van der Waals surface area contributed by atoms with E-state index in [-0.39, 0.29) is 0 Å². The summed E-state index contributed by atoms with van der Waals surface area (Å²) >= 11 is 0. The maximum absolute atomic E-state index is 11.0. The minimum atomic E-state index is -0.484. The van der Waals surface area contributed by atoms with E-state index in [0.29, 0.717) is 18.8 Å². The number of nitrogens with zero attached hydrogens (tertiary/aromatic N) is 7. The number of rotatable bonds is 9. The van der Waals surface area contributed by atoms with Crippen LogP contribution in [-0.4, -0.2) is 81.9 Å². The molecule has 0 amide bonds. The summed E-state index contributed by atoms with van der Waals surface area (Å²) in [6, 6.07) is 26.9. The van der Waals surface area contributed by atoms with Gasteiger partial charge in [0, 0.05) is 63.3 Å². The van der Waals surface area contributed by atoms with Gasteiger partial charge in [0.15, 0.2) is 17.0 Å². The normalized spacial score (nSPS) is 14.8. The SMILES string of the molecule is Cc1cccc(N2CCN(CCC(O)CN(C)c3ncnc4c3nc(-c3ccccc3)n4-c3ccccc3)CC2)c1C. The Hall–Kier alpha value is -4.27. The first kappa shape index (κ1) is 27.9. The average Bonchev–Trinajstić information content (AvgIpc) is 3.42. The van der Waals surface area contributed by atoms with Gasteiger partial charge < -0.3 is 14.9 Å². The van der Waals surface area contributed by atoms with E-state index in [0.717, 1.165) is 61.0 Å². The monoisotopic (exact) mass is 561 g/mol. The Morgan fingerprint density at radius 1 is 0.857 bits per heavy atom. The van der Waals surface area contributed by atoms with Crippen molar-refractivity contribution in [2.75, 3.05) is 56.1 Å². The van der Waals surface area contributed by atoms with Crippen LogP contribution in [0.5, 0.6) is 0 Å². The Balaban J connectivity index is 1.14. The molecule has 6 rings (SSSR count). The second-order valence-corrected chi connectivity index (χ2v) is 11.2. The molecule has 3 heterocycles. The maximum atomic E-state index is 11.0. The predicted octanol–water partition coefficient (Wildman–Crippen LogP) is 5.11. The van der Waals surface area contributed by atoms with Crippen molar-refractivity contribution in [3.63, 3.8) is 0 Å². The van der Waals surface area contributed by atoms with E-state index < -0.39 is 6.10 Å². The summed E-state index contributed by atoms with van der Waals surface area (Å²) in [5, 5.41) is 11.0. The highest BCUT2D eigenvalue weighted by atomic mass is 16.3. The number of likely N-dealkylation sites (N-methyl/N-ethyl adjacent to an activating group) is 1. The summed E-state index contributed by atoms with van der Waals surface area (Å²) in [4.78, 5) is 21.3. The van der Waals surface area contributed by atoms with Crippen LogP contribution in [0.1, 0.15) is 17.5 Å². The van der Waals surface area contributed by atoms with Crippen molar-refractivity contribution in [2.45, 2.75) is 26.4 Å². The molecule has 0 radical (unpaired) electrons. The van der Waals surface area contributed by atoms with Crippen LogP contribution in [0.3, 0.4) is 0 Å². The van der Waals surface area contributed by atoms with Crippen molar-refractivity contribution in [3.8, 4) is 17.1 Å². The van der Waals surface area contributed by atoms with E-state index in [9.17, 15) is 5.11 Å². The number of hydrogen-bond donors (Lipinski definition) is 1.